The standard InChI is InChI=1S/C15H21N3O2.ClH/c1-2-18(11-12-6-4-3-5-7-12)13(19)10-17-14(20)15(16)8-9-15;/h3-7H,2,8-11,16H2,1H3,(H,17,20);1H. The first-order valence-corrected chi connectivity index (χ1v) is 6.94. The van der Waals surface area contributed by atoms with Gasteiger partial charge in [-0.1, -0.05) is 30.3 Å². The van der Waals surface area contributed by atoms with Crippen LogP contribution >= 0.6 is 12.4 Å². The molecule has 3 N–H and O–H groups in total. The second-order valence-corrected chi connectivity index (χ2v) is 5.23. The van der Waals surface area contributed by atoms with Crippen LogP contribution in [0.3, 0.4) is 0 Å². The van der Waals surface area contributed by atoms with E-state index in [0.29, 0.717) is 25.9 Å². The van der Waals surface area contributed by atoms with Gasteiger partial charge < -0.3 is 16.0 Å². The third kappa shape index (κ3) is 4.72. The van der Waals surface area contributed by atoms with Crippen LogP contribution in [0.15, 0.2) is 30.3 Å². The van der Waals surface area contributed by atoms with Crippen LogP contribution in [-0.4, -0.2) is 35.3 Å². The molecule has 0 aliphatic heterocycles. The molecule has 1 saturated carbocycles. The molecule has 1 aliphatic carbocycles. The number of carbonyl (C=O) groups is 2. The zero-order valence-electron chi connectivity index (χ0n) is 12.2. The molecule has 2 rings (SSSR count). The number of hydrogen-bond donors (Lipinski definition) is 2. The van der Waals surface area contributed by atoms with E-state index in [2.05, 4.69) is 5.32 Å². The van der Waals surface area contributed by atoms with Gasteiger partial charge in [-0.2, -0.15) is 0 Å². The van der Waals surface area contributed by atoms with Crippen molar-refractivity contribution in [1.29, 1.82) is 0 Å². The molecule has 0 atom stereocenters. The van der Waals surface area contributed by atoms with Gasteiger partial charge in [-0.3, -0.25) is 9.59 Å². The fraction of sp³-hybridized carbons (Fsp3) is 0.467. The Morgan fingerprint density at radius 3 is 2.43 bits per heavy atom. The van der Waals surface area contributed by atoms with Crippen molar-refractivity contribution in [3.8, 4) is 0 Å². The molecule has 6 heteroatoms. The Balaban J connectivity index is 0.00000220. The molecule has 2 amide bonds. The van der Waals surface area contributed by atoms with Gasteiger partial charge in [-0.05, 0) is 25.3 Å². The molecule has 1 aliphatic rings. The predicted molar refractivity (Wildman–Crippen MR) is 83.9 cm³/mol. The Morgan fingerprint density at radius 1 is 1.29 bits per heavy atom. The Morgan fingerprint density at radius 2 is 1.90 bits per heavy atom. The van der Waals surface area contributed by atoms with Gasteiger partial charge in [0.1, 0.15) is 0 Å². The maximum atomic E-state index is 12.1. The van der Waals surface area contributed by atoms with E-state index in [-0.39, 0.29) is 30.8 Å². The summed E-state index contributed by atoms with van der Waals surface area (Å²) in [5.74, 6) is -0.310. The number of carbonyl (C=O) groups excluding carboxylic acids is 2. The second-order valence-electron chi connectivity index (χ2n) is 5.23. The minimum atomic E-state index is -0.725. The summed E-state index contributed by atoms with van der Waals surface area (Å²) >= 11 is 0. The summed E-state index contributed by atoms with van der Waals surface area (Å²) in [6.45, 7) is 3.10. The van der Waals surface area contributed by atoms with Crippen molar-refractivity contribution >= 4 is 24.2 Å². The van der Waals surface area contributed by atoms with E-state index in [1.54, 1.807) is 4.90 Å². The Labute approximate surface area is 131 Å². The average Bonchev–Trinajstić information content (AvgIpc) is 3.22. The fourth-order valence-corrected chi connectivity index (χ4v) is 1.99. The number of likely N-dealkylation sites (N-methyl/N-ethyl adjacent to an activating group) is 1. The Hall–Kier alpha value is -1.59. The number of halogens is 1. The first-order valence-electron chi connectivity index (χ1n) is 6.94. The summed E-state index contributed by atoms with van der Waals surface area (Å²) in [5.41, 5.74) is 6.12. The molecule has 0 heterocycles. The summed E-state index contributed by atoms with van der Waals surface area (Å²) < 4.78 is 0. The molecule has 1 aromatic carbocycles. The molecule has 0 bridgehead atoms. The van der Waals surface area contributed by atoms with E-state index >= 15 is 0 Å². The number of rotatable bonds is 6. The van der Waals surface area contributed by atoms with Gasteiger partial charge >= 0.3 is 0 Å². The number of nitrogens with two attached hydrogens (primary N) is 1. The fourth-order valence-electron chi connectivity index (χ4n) is 1.99. The summed E-state index contributed by atoms with van der Waals surface area (Å²) in [6.07, 6.45) is 1.41. The minimum absolute atomic E-state index is 0. The van der Waals surface area contributed by atoms with Gasteiger partial charge in [0.15, 0.2) is 0 Å². The van der Waals surface area contributed by atoms with Crippen LogP contribution in [0.1, 0.15) is 25.3 Å². The number of nitrogens with zero attached hydrogens (tertiary/aromatic N) is 1. The van der Waals surface area contributed by atoms with Crippen LogP contribution in [0.25, 0.3) is 0 Å². The lowest BCUT2D eigenvalue weighted by Crippen LogP contribution is -2.47. The first-order chi connectivity index (χ1) is 9.55. The number of nitrogens with one attached hydrogen (secondary N) is 1. The smallest absolute Gasteiger partial charge is 0.242 e. The lowest BCUT2D eigenvalue weighted by atomic mass is 10.2. The largest absolute Gasteiger partial charge is 0.345 e. The summed E-state index contributed by atoms with van der Waals surface area (Å²) in [6, 6.07) is 9.79. The molecule has 0 aromatic heterocycles. The van der Waals surface area contributed by atoms with Crippen LogP contribution < -0.4 is 11.1 Å². The molecular weight excluding hydrogens is 290 g/mol. The molecule has 116 valence electrons. The highest BCUT2D eigenvalue weighted by molar-refractivity contribution is 5.92. The lowest BCUT2D eigenvalue weighted by Gasteiger charge is -2.21. The van der Waals surface area contributed by atoms with E-state index in [1.807, 2.05) is 37.3 Å². The third-order valence-corrected chi connectivity index (χ3v) is 3.59. The van der Waals surface area contributed by atoms with Crippen molar-refractivity contribution in [3.63, 3.8) is 0 Å². The molecule has 1 fully saturated rings. The second kappa shape index (κ2) is 7.43. The number of amides is 2. The maximum Gasteiger partial charge on any atom is 0.242 e. The van der Waals surface area contributed by atoms with Crippen molar-refractivity contribution in [3.05, 3.63) is 35.9 Å². The third-order valence-electron chi connectivity index (χ3n) is 3.59. The SMILES string of the molecule is CCN(Cc1ccccc1)C(=O)CNC(=O)C1(N)CC1.Cl. The number of hydrogen-bond acceptors (Lipinski definition) is 3. The molecule has 0 radical (unpaired) electrons. The topological polar surface area (TPSA) is 75.4 Å². The highest BCUT2D eigenvalue weighted by Crippen LogP contribution is 2.31. The van der Waals surface area contributed by atoms with Crippen molar-refractivity contribution < 1.29 is 9.59 Å². The van der Waals surface area contributed by atoms with Crippen molar-refractivity contribution in [2.45, 2.75) is 31.8 Å². The predicted octanol–water partition coefficient (Wildman–Crippen LogP) is 1.06. The monoisotopic (exact) mass is 311 g/mol. The average molecular weight is 312 g/mol. The Bertz CT molecular complexity index is 489. The van der Waals surface area contributed by atoms with Crippen LogP contribution in [0.5, 0.6) is 0 Å². The van der Waals surface area contributed by atoms with Gasteiger partial charge in [-0.25, -0.2) is 0 Å². The van der Waals surface area contributed by atoms with Crippen molar-refractivity contribution in [1.82, 2.24) is 10.2 Å². The van der Waals surface area contributed by atoms with E-state index in [9.17, 15) is 9.59 Å². The van der Waals surface area contributed by atoms with Gasteiger partial charge in [0.2, 0.25) is 11.8 Å². The quantitative estimate of drug-likeness (QED) is 0.825. The van der Waals surface area contributed by atoms with Crippen molar-refractivity contribution in [2.75, 3.05) is 13.1 Å². The summed E-state index contributed by atoms with van der Waals surface area (Å²) in [4.78, 5) is 25.5. The zero-order chi connectivity index (χ0) is 14.6. The first kappa shape index (κ1) is 17.5. The van der Waals surface area contributed by atoms with Crippen LogP contribution in [0.2, 0.25) is 0 Å². The maximum absolute atomic E-state index is 12.1. The normalized spacial score (nSPS) is 14.8. The van der Waals surface area contributed by atoms with Crippen LogP contribution in [-0.2, 0) is 16.1 Å². The van der Waals surface area contributed by atoms with E-state index in [1.165, 1.54) is 0 Å². The van der Waals surface area contributed by atoms with E-state index < -0.39 is 5.54 Å². The zero-order valence-corrected chi connectivity index (χ0v) is 13.0. The van der Waals surface area contributed by atoms with E-state index in [4.69, 9.17) is 5.73 Å². The highest BCUT2D eigenvalue weighted by atomic mass is 35.5. The summed E-state index contributed by atoms with van der Waals surface area (Å²) in [5, 5.41) is 2.63. The molecular formula is C15H22ClN3O2. The molecule has 1 aromatic rings. The molecule has 21 heavy (non-hydrogen) atoms. The number of benzene rings is 1. The van der Waals surface area contributed by atoms with Gasteiger partial charge in [0, 0.05) is 13.1 Å². The summed E-state index contributed by atoms with van der Waals surface area (Å²) in [7, 11) is 0. The van der Waals surface area contributed by atoms with E-state index in [0.717, 1.165) is 5.56 Å². The molecule has 5 nitrogen and oxygen atoms in total. The minimum Gasteiger partial charge on any atom is -0.345 e. The van der Waals surface area contributed by atoms with Crippen LogP contribution in [0.4, 0.5) is 0 Å². The van der Waals surface area contributed by atoms with Crippen LogP contribution in [0, 0.1) is 0 Å². The van der Waals surface area contributed by atoms with Crippen molar-refractivity contribution in [2.24, 2.45) is 5.73 Å². The lowest BCUT2D eigenvalue weighted by molar-refractivity contribution is -0.133. The molecule has 0 saturated heterocycles. The van der Waals surface area contributed by atoms with Gasteiger partial charge in [-0.15, -0.1) is 12.4 Å². The highest BCUT2D eigenvalue weighted by Gasteiger charge is 2.45. The Kier molecular flexibility index (Phi) is 6.18. The molecule has 0 unspecified atom stereocenters. The van der Waals surface area contributed by atoms with Gasteiger partial charge in [0.25, 0.3) is 0 Å². The van der Waals surface area contributed by atoms with Gasteiger partial charge in [0.05, 0.1) is 12.1 Å². The molecule has 0 spiro atoms.